The van der Waals surface area contributed by atoms with Gasteiger partial charge in [-0.05, 0) is 38.1 Å². The third-order valence-corrected chi connectivity index (χ3v) is 4.90. The van der Waals surface area contributed by atoms with E-state index in [-0.39, 0.29) is 24.2 Å². The standard InChI is InChI=1S/C17H23FN4O2/c1-2-21-7-3-4-14(21)11-22-10-12(8-16(22)23)17(24)20-15-6-5-13(18)9-19-15/h5-6,9,12,14H,2-4,7-8,10-11H2,1H3,(H,19,20,24)/t12-,14-/m1/s1. The van der Waals surface area contributed by atoms with Crippen molar-refractivity contribution >= 4 is 17.6 Å². The van der Waals surface area contributed by atoms with Crippen molar-refractivity contribution in [3.63, 3.8) is 0 Å². The van der Waals surface area contributed by atoms with Crippen molar-refractivity contribution in [3.8, 4) is 0 Å². The Kier molecular flexibility index (Phi) is 5.08. The third kappa shape index (κ3) is 3.72. The van der Waals surface area contributed by atoms with Gasteiger partial charge in [-0.1, -0.05) is 6.92 Å². The molecule has 2 aliphatic heterocycles. The molecule has 1 N–H and O–H groups in total. The van der Waals surface area contributed by atoms with Crippen LogP contribution in [0.25, 0.3) is 0 Å². The van der Waals surface area contributed by atoms with Crippen LogP contribution in [0.5, 0.6) is 0 Å². The summed E-state index contributed by atoms with van der Waals surface area (Å²) >= 11 is 0. The van der Waals surface area contributed by atoms with Crippen LogP contribution in [0.15, 0.2) is 18.3 Å². The monoisotopic (exact) mass is 334 g/mol. The predicted octanol–water partition coefficient (Wildman–Crippen LogP) is 1.49. The van der Waals surface area contributed by atoms with Gasteiger partial charge in [0.15, 0.2) is 0 Å². The van der Waals surface area contributed by atoms with Crippen LogP contribution < -0.4 is 5.32 Å². The number of nitrogens with zero attached hydrogens (tertiary/aromatic N) is 3. The minimum absolute atomic E-state index is 0.0326. The first-order chi connectivity index (χ1) is 11.6. The van der Waals surface area contributed by atoms with Crippen molar-refractivity contribution in [2.75, 3.05) is 31.5 Å². The molecule has 6 nitrogen and oxygen atoms in total. The summed E-state index contributed by atoms with van der Waals surface area (Å²) in [5.74, 6) is -0.720. The second-order valence-electron chi connectivity index (χ2n) is 6.48. The molecule has 24 heavy (non-hydrogen) atoms. The van der Waals surface area contributed by atoms with Crippen molar-refractivity contribution in [1.82, 2.24) is 14.8 Å². The van der Waals surface area contributed by atoms with E-state index in [1.807, 2.05) is 0 Å². The number of amides is 2. The summed E-state index contributed by atoms with van der Waals surface area (Å²) in [5, 5.41) is 2.66. The smallest absolute Gasteiger partial charge is 0.230 e. The number of nitrogens with one attached hydrogen (secondary N) is 1. The zero-order valence-corrected chi connectivity index (χ0v) is 13.9. The van der Waals surface area contributed by atoms with Gasteiger partial charge in [-0.3, -0.25) is 14.5 Å². The number of aromatic nitrogens is 1. The molecule has 0 bridgehead atoms. The first-order valence-electron chi connectivity index (χ1n) is 8.51. The number of carbonyl (C=O) groups is 2. The minimum atomic E-state index is -0.452. The zero-order valence-electron chi connectivity index (χ0n) is 13.9. The van der Waals surface area contributed by atoms with Gasteiger partial charge in [0.05, 0.1) is 12.1 Å². The van der Waals surface area contributed by atoms with Gasteiger partial charge in [0.25, 0.3) is 0 Å². The highest BCUT2D eigenvalue weighted by Crippen LogP contribution is 2.24. The number of rotatable bonds is 5. The van der Waals surface area contributed by atoms with Crippen LogP contribution in [0.1, 0.15) is 26.2 Å². The molecule has 0 radical (unpaired) electrons. The van der Waals surface area contributed by atoms with E-state index in [0.29, 0.717) is 24.9 Å². The maximum atomic E-state index is 12.9. The van der Waals surface area contributed by atoms with Gasteiger partial charge in [0.1, 0.15) is 11.6 Å². The lowest BCUT2D eigenvalue weighted by Gasteiger charge is -2.27. The molecule has 3 rings (SSSR count). The number of hydrogen-bond donors (Lipinski definition) is 1. The van der Waals surface area contributed by atoms with E-state index < -0.39 is 5.82 Å². The molecule has 1 aromatic rings. The van der Waals surface area contributed by atoms with Gasteiger partial charge >= 0.3 is 0 Å². The number of anilines is 1. The summed E-state index contributed by atoms with van der Waals surface area (Å²) < 4.78 is 12.9. The molecule has 2 saturated heterocycles. The second kappa shape index (κ2) is 7.25. The SMILES string of the molecule is CCN1CCC[C@@H]1CN1C[C@H](C(=O)Nc2ccc(F)cn2)CC1=O. The van der Waals surface area contributed by atoms with Crippen molar-refractivity contribution in [1.29, 1.82) is 0 Å². The van der Waals surface area contributed by atoms with Gasteiger partial charge in [-0.15, -0.1) is 0 Å². The predicted molar refractivity (Wildman–Crippen MR) is 87.8 cm³/mol. The molecule has 1 aromatic heterocycles. The van der Waals surface area contributed by atoms with Crippen LogP contribution in [-0.2, 0) is 9.59 Å². The molecule has 0 spiro atoms. The largest absolute Gasteiger partial charge is 0.340 e. The van der Waals surface area contributed by atoms with E-state index in [2.05, 4.69) is 22.1 Å². The van der Waals surface area contributed by atoms with Gasteiger partial charge in [-0.25, -0.2) is 9.37 Å². The van der Waals surface area contributed by atoms with Gasteiger partial charge in [0.2, 0.25) is 11.8 Å². The van der Waals surface area contributed by atoms with Gasteiger partial charge < -0.3 is 10.2 Å². The topological polar surface area (TPSA) is 65.5 Å². The lowest BCUT2D eigenvalue weighted by molar-refractivity contribution is -0.128. The first-order valence-corrected chi connectivity index (χ1v) is 8.51. The van der Waals surface area contributed by atoms with Crippen molar-refractivity contribution in [2.45, 2.75) is 32.2 Å². The summed E-state index contributed by atoms with van der Waals surface area (Å²) in [6.45, 7) is 5.36. The number of carbonyl (C=O) groups excluding carboxylic acids is 2. The van der Waals surface area contributed by atoms with E-state index in [0.717, 1.165) is 25.7 Å². The van der Waals surface area contributed by atoms with E-state index in [9.17, 15) is 14.0 Å². The second-order valence-corrected chi connectivity index (χ2v) is 6.48. The van der Waals surface area contributed by atoms with Crippen molar-refractivity contribution < 1.29 is 14.0 Å². The Morgan fingerprint density at radius 1 is 1.46 bits per heavy atom. The molecule has 0 aromatic carbocycles. The molecular formula is C17H23FN4O2. The Bertz CT molecular complexity index is 607. The number of likely N-dealkylation sites (N-methyl/N-ethyl adjacent to an activating group) is 1. The zero-order chi connectivity index (χ0) is 17.1. The summed E-state index contributed by atoms with van der Waals surface area (Å²) in [6, 6.07) is 3.06. The lowest BCUT2D eigenvalue weighted by atomic mass is 10.1. The summed E-state index contributed by atoms with van der Waals surface area (Å²) in [6.07, 6.45) is 3.56. The third-order valence-electron chi connectivity index (χ3n) is 4.90. The molecule has 7 heteroatoms. The minimum Gasteiger partial charge on any atom is -0.340 e. The number of hydrogen-bond acceptors (Lipinski definition) is 4. The molecule has 2 atom stereocenters. The molecule has 0 saturated carbocycles. The highest BCUT2D eigenvalue weighted by Gasteiger charge is 2.36. The normalized spacial score (nSPS) is 24.6. The van der Waals surface area contributed by atoms with E-state index in [4.69, 9.17) is 0 Å². The quantitative estimate of drug-likeness (QED) is 0.886. The first kappa shape index (κ1) is 16.8. The van der Waals surface area contributed by atoms with Crippen molar-refractivity contribution in [3.05, 3.63) is 24.1 Å². The van der Waals surface area contributed by atoms with E-state index >= 15 is 0 Å². The van der Waals surface area contributed by atoms with E-state index in [1.165, 1.54) is 18.6 Å². The Hall–Kier alpha value is -2.02. The summed E-state index contributed by atoms with van der Waals surface area (Å²) in [5.41, 5.74) is 0. The molecular weight excluding hydrogens is 311 g/mol. The Labute approximate surface area is 141 Å². The number of pyridine rings is 1. The van der Waals surface area contributed by atoms with Crippen LogP contribution in [-0.4, -0.2) is 58.8 Å². The molecule has 2 fully saturated rings. The van der Waals surface area contributed by atoms with E-state index in [1.54, 1.807) is 4.90 Å². The van der Waals surface area contributed by atoms with Crippen LogP contribution in [0, 0.1) is 11.7 Å². The Morgan fingerprint density at radius 2 is 2.29 bits per heavy atom. The fourth-order valence-corrected chi connectivity index (χ4v) is 3.57. The maximum absolute atomic E-state index is 12.9. The molecule has 3 heterocycles. The van der Waals surface area contributed by atoms with Crippen LogP contribution in [0.2, 0.25) is 0 Å². The van der Waals surface area contributed by atoms with Crippen LogP contribution in [0.4, 0.5) is 10.2 Å². The van der Waals surface area contributed by atoms with Crippen LogP contribution >= 0.6 is 0 Å². The average molecular weight is 334 g/mol. The fraction of sp³-hybridized carbons (Fsp3) is 0.588. The Balaban J connectivity index is 1.55. The molecule has 2 amide bonds. The van der Waals surface area contributed by atoms with Crippen LogP contribution in [0.3, 0.4) is 0 Å². The average Bonchev–Trinajstić information content (AvgIpc) is 3.17. The molecule has 130 valence electrons. The fourth-order valence-electron chi connectivity index (χ4n) is 3.57. The molecule has 0 aliphatic carbocycles. The van der Waals surface area contributed by atoms with Gasteiger partial charge in [-0.2, -0.15) is 0 Å². The molecule has 2 aliphatic rings. The molecule has 0 unspecified atom stereocenters. The number of halogens is 1. The van der Waals surface area contributed by atoms with Gasteiger partial charge in [0, 0.05) is 25.6 Å². The Morgan fingerprint density at radius 3 is 3.00 bits per heavy atom. The lowest BCUT2D eigenvalue weighted by Crippen LogP contribution is -2.41. The van der Waals surface area contributed by atoms with Crippen molar-refractivity contribution in [2.24, 2.45) is 5.92 Å². The number of likely N-dealkylation sites (tertiary alicyclic amines) is 2. The summed E-state index contributed by atoms with van der Waals surface area (Å²) in [7, 11) is 0. The summed E-state index contributed by atoms with van der Waals surface area (Å²) in [4.78, 5) is 32.6. The highest BCUT2D eigenvalue weighted by atomic mass is 19.1. The highest BCUT2D eigenvalue weighted by molar-refractivity contribution is 5.96. The maximum Gasteiger partial charge on any atom is 0.230 e.